The fraction of sp³-hybridized carbons (Fsp3) is 0.545. The Bertz CT molecular complexity index is 320. The van der Waals surface area contributed by atoms with Crippen LogP contribution in [0, 0.1) is 12.8 Å². The molecule has 1 rings (SSSR count). The largest absolute Gasteiger partial charge is 0.469 e. The van der Waals surface area contributed by atoms with Gasteiger partial charge >= 0.3 is 0 Å². The van der Waals surface area contributed by atoms with E-state index in [-0.39, 0.29) is 5.91 Å². The van der Waals surface area contributed by atoms with Crippen LogP contribution in [0.2, 0.25) is 0 Å². The van der Waals surface area contributed by atoms with Crippen molar-refractivity contribution in [3.63, 3.8) is 0 Å². The van der Waals surface area contributed by atoms with Crippen LogP contribution in [0.25, 0.3) is 0 Å². The number of furan rings is 1. The van der Waals surface area contributed by atoms with Gasteiger partial charge in [0.05, 0.1) is 11.8 Å². The lowest BCUT2D eigenvalue weighted by Crippen LogP contribution is -2.32. The van der Waals surface area contributed by atoms with Crippen LogP contribution in [0.4, 0.5) is 0 Å². The third-order valence-corrected chi connectivity index (χ3v) is 2.27. The maximum Gasteiger partial charge on any atom is 0.254 e. The van der Waals surface area contributed by atoms with Gasteiger partial charge in [0, 0.05) is 6.54 Å². The normalized spacial score (nSPS) is 12.5. The third kappa shape index (κ3) is 3.40. The molecule has 4 nitrogen and oxygen atoms in total. The monoisotopic (exact) mass is 210 g/mol. The van der Waals surface area contributed by atoms with E-state index in [2.05, 4.69) is 17.6 Å². The molecule has 0 spiro atoms. The molecule has 1 heterocycles. The van der Waals surface area contributed by atoms with Crippen LogP contribution in [0.15, 0.2) is 16.7 Å². The van der Waals surface area contributed by atoms with Gasteiger partial charge < -0.3 is 15.1 Å². The van der Waals surface area contributed by atoms with Crippen molar-refractivity contribution in [1.82, 2.24) is 10.6 Å². The molecule has 1 aromatic heterocycles. The van der Waals surface area contributed by atoms with Crippen molar-refractivity contribution in [1.29, 1.82) is 0 Å². The summed E-state index contributed by atoms with van der Waals surface area (Å²) in [5.74, 6) is 1.02. The van der Waals surface area contributed by atoms with Crippen LogP contribution in [0.3, 0.4) is 0 Å². The van der Waals surface area contributed by atoms with Crippen LogP contribution >= 0.6 is 0 Å². The van der Waals surface area contributed by atoms with Crippen molar-refractivity contribution in [3.05, 3.63) is 23.7 Å². The Morgan fingerprint density at radius 3 is 2.80 bits per heavy atom. The summed E-state index contributed by atoms with van der Waals surface area (Å²) in [5, 5.41) is 5.94. The average Bonchev–Trinajstić information content (AvgIpc) is 2.61. The quantitative estimate of drug-likeness (QED) is 0.767. The van der Waals surface area contributed by atoms with Crippen LogP contribution in [-0.4, -0.2) is 26.0 Å². The van der Waals surface area contributed by atoms with Gasteiger partial charge in [-0.05, 0) is 32.5 Å². The highest BCUT2D eigenvalue weighted by atomic mass is 16.3. The van der Waals surface area contributed by atoms with Gasteiger partial charge in [-0.25, -0.2) is 0 Å². The number of carbonyl (C=O) groups excluding carboxylic acids is 1. The Morgan fingerprint density at radius 2 is 2.27 bits per heavy atom. The standard InChI is InChI=1S/C11H18N2O2/c1-8(6-12-3)7-13-11(14)10-4-5-15-9(10)2/h4-5,8,12H,6-7H2,1-3H3,(H,13,14)/t8-/m0/s1. The van der Waals surface area contributed by atoms with E-state index < -0.39 is 0 Å². The number of hydrogen-bond acceptors (Lipinski definition) is 3. The summed E-state index contributed by atoms with van der Waals surface area (Å²) in [6, 6.07) is 1.69. The van der Waals surface area contributed by atoms with Gasteiger partial charge in [-0.3, -0.25) is 4.79 Å². The van der Waals surface area contributed by atoms with Crippen LogP contribution < -0.4 is 10.6 Å². The lowest BCUT2D eigenvalue weighted by molar-refractivity contribution is 0.0946. The van der Waals surface area contributed by atoms with E-state index in [4.69, 9.17) is 4.42 Å². The Balaban J connectivity index is 2.40. The summed E-state index contributed by atoms with van der Waals surface area (Å²) < 4.78 is 5.07. The van der Waals surface area contributed by atoms with E-state index in [1.807, 2.05) is 7.05 Å². The summed E-state index contributed by atoms with van der Waals surface area (Å²) in [4.78, 5) is 11.6. The minimum Gasteiger partial charge on any atom is -0.469 e. The van der Waals surface area contributed by atoms with Crippen molar-refractivity contribution in [3.8, 4) is 0 Å². The molecule has 0 aliphatic carbocycles. The molecular weight excluding hydrogens is 192 g/mol. The number of hydrogen-bond donors (Lipinski definition) is 2. The molecule has 0 unspecified atom stereocenters. The van der Waals surface area contributed by atoms with Crippen molar-refractivity contribution in [2.24, 2.45) is 5.92 Å². The second kappa shape index (κ2) is 5.56. The maximum atomic E-state index is 11.6. The van der Waals surface area contributed by atoms with Crippen molar-refractivity contribution in [2.45, 2.75) is 13.8 Å². The molecule has 0 fully saturated rings. The molecule has 84 valence electrons. The zero-order chi connectivity index (χ0) is 11.3. The molecule has 0 bridgehead atoms. The van der Waals surface area contributed by atoms with Gasteiger partial charge in [0.25, 0.3) is 5.91 Å². The van der Waals surface area contributed by atoms with Gasteiger partial charge in [-0.2, -0.15) is 0 Å². The number of carbonyl (C=O) groups is 1. The van der Waals surface area contributed by atoms with Gasteiger partial charge in [0.2, 0.25) is 0 Å². The van der Waals surface area contributed by atoms with Crippen LogP contribution in [-0.2, 0) is 0 Å². The Labute approximate surface area is 90.0 Å². The van der Waals surface area contributed by atoms with Gasteiger partial charge in [0.1, 0.15) is 5.76 Å². The molecular formula is C11H18N2O2. The summed E-state index contributed by atoms with van der Waals surface area (Å²) in [6.07, 6.45) is 1.53. The van der Waals surface area contributed by atoms with Crippen molar-refractivity contribution < 1.29 is 9.21 Å². The lowest BCUT2D eigenvalue weighted by atomic mass is 10.1. The summed E-state index contributed by atoms with van der Waals surface area (Å²) in [5.41, 5.74) is 0.617. The smallest absolute Gasteiger partial charge is 0.254 e. The molecule has 1 amide bonds. The summed E-state index contributed by atoms with van der Waals surface area (Å²) in [7, 11) is 1.90. The second-order valence-corrected chi connectivity index (χ2v) is 3.76. The molecule has 0 aromatic carbocycles. The molecule has 15 heavy (non-hydrogen) atoms. The molecule has 0 radical (unpaired) electrons. The molecule has 1 aromatic rings. The average molecular weight is 210 g/mol. The fourth-order valence-electron chi connectivity index (χ4n) is 1.40. The molecule has 2 N–H and O–H groups in total. The maximum absolute atomic E-state index is 11.6. The van der Waals surface area contributed by atoms with E-state index in [0.29, 0.717) is 23.8 Å². The van der Waals surface area contributed by atoms with E-state index in [9.17, 15) is 4.79 Å². The topological polar surface area (TPSA) is 54.3 Å². The number of amides is 1. The molecule has 4 heteroatoms. The van der Waals surface area contributed by atoms with E-state index in [1.54, 1.807) is 13.0 Å². The van der Waals surface area contributed by atoms with E-state index in [1.165, 1.54) is 6.26 Å². The Kier molecular flexibility index (Phi) is 4.37. The molecule has 0 aliphatic rings. The van der Waals surface area contributed by atoms with E-state index in [0.717, 1.165) is 6.54 Å². The van der Waals surface area contributed by atoms with Crippen LogP contribution in [0.5, 0.6) is 0 Å². The minimum absolute atomic E-state index is 0.0656. The molecule has 0 aliphatic heterocycles. The number of aryl methyl sites for hydroxylation is 1. The predicted octanol–water partition coefficient (Wildman–Crippen LogP) is 1.17. The number of nitrogens with one attached hydrogen (secondary N) is 2. The van der Waals surface area contributed by atoms with Crippen molar-refractivity contribution >= 4 is 5.91 Å². The minimum atomic E-state index is -0.0656. The zero-order valence-corrected chi connectivity index (χ0v) is 9.46. The first-order valence-corrected chi connectivity index (χ1v) is 5.12. The third-order valence-electron chi connectivity index (χ3n) is 2.27. The first kappa shape index (κ1) is 11.8. The Hall–Kier alpha value is -1.29. The highest BCUT2D eigenvalue weighted by Crippen LogP contribution is 2.08. The van der Waals surface area contributed by atoms with Crippen LogP contribution in [0.1, 0.15) is 23.0 Å². The summed E-state index contributed by atoms with van der Waals surface area (Å²) >= 11 is 0. The van der Waals surface area contributed by atoms with Gasteiger partial charge in [-0.1, -0.05) is 6.92 Å². The first-order valence-electron chi connectivity index (χ1n) is 5.12. The molecule has 0 saturated carbocycles. The molecule has 1 atom stereocenters. The molecule has 0 saturated heterocycles. The second-order valence-electron chi connectivity index (χ2n) is 3.76. The van der Waals surface area contributed by atoms with Gasteiger partial charge in [0.15, 0.2) is 0 Å². The first-order chi connectivity index (χ1) is 7.15. The lowest BCUT2D eigenvalue weighted by Gasteiger charge is -2.11. The highest BCUT2D eigenvalue weighted by Gasteiger charge is 2.11. The predicted molar refractivity (Wildman–Crippen MR) is 58.9 cm³/mol. The highest BCUT2D eigenvalue weighted by molar-refractivity contribution is 5.94. The van der Waals surface area contributed by atoms with E-state index >= 15 is 0 Å². The fourth-order valence-corrected chi connectivity index (χ4v) is 1.40. The number of rotatable bonds is 5. The van der Waals surface area contributed by atoms with Crippen molar-refractivity contribution in [2.75, 3.05) is 20.1 Å². The Morgan fingerprint density at radius 1 is 1.53 bits per heavy atom. The summed E-state index contributed by atoms with van der Waals surface area (Å²) in [6.45, 7) is 5.43. The zero-order valence-electron chi connectivity index (χ0n) is 9.46. The van der Waals surface area contributed by atoms with Gasteiger partial charge in [-0.15, -0.1) is 0 Å². The SMILES string of the molecule is CNC[C@H](C)CNC(=O)c1ccoc1C.